The summed E-state index contributed by atoms with van der Waals surface area (Å²) in [6, 6.07) is 0. The number of hydrogen-bond acceptors (Lipinski definition) is 1. The van der Waals surface area contributed by atoms with E-state index in [1.165, 1.54) is 0 Å². The van der Waals surface area contributed by atoms with Gasteiger partial charge < -0.3 is 5.11 Å². The molecule has 2 nitrogen and oxygen atoms in total. The van der Waals surface area contributed by atoms with Gasteiger partial charge in [-0.05, 0) is 31.1 Å². The molecule has 64 valence electrons. The fraction of sp³-hybridized carbons (Fsp3) is 0.889. The normalized spacial score (nSPS) is 38.5. The first kappa shape index (κ1) is 8.57. The second-order valence-electron chi connectivity index (χ2n) is 3.80. The van der Waals surface area contributed by atoms with E-state index in [4.69, 9.17) is 5.11 Å². The van der Waals surface area contributed by atoms with E-state index in [0.717, 1.165) is 19.3 Å². The number of carbonyl (C=O) groups is 1. The zero-order chi connectivity index (χ0) is 8.43. The molecule has 0 spiro atoms. The maximum atomic E-state index is 10.6. The van der Waals surface area contributed by atoms with Crippen LogP contribution in [0.15, 0.2) is 0 Å². The fourth-order valence-electron chi connectivity index (χ4n) is 1.77. The van der Waals surface area contributed by atoms with E-state index in [-0.39, 0.29) is 5.92 Å². The van der Waals surface area contributed by atoms with Crippen molar-refractivity contribution in [2.24, 2.45) is 17.8 Å². The van der Waals surface area contributed by atoms with Crippen LogP contribution in [0.1, 0.15) is 33.1 Å². The highest BCUT2D eigenvalue weighted by Gasteiger charge is 2.28. The van der Waals surface area contributed by atoms with Gasteiger partial charge in [0.2, 0.25) is 0 Å². The highest BCUT2D eigenvalue weighted by molar-refractivity contribution is 5.70. The lowest BCUT2D eigenvalue weighted by Crippen LogP contribution is -2.25. The van der Waals surface area contributed by atoms with Gasteiger partial charge in [-0.3, -0.25) is 4.79 Å². The van der Waals surface area contributed by atoms with Crippen LogP contribution in [0.5, 0.6) is 0 Å². The van der Waals surface area contributed by atoms with Crippen molar-refractivity contribution < 1.29 is 9.90 Å². The minimum atomic E-state index is -0.608. The predicted octanol–water partition coefficient (Wildman–Crippen LogP) is 2.14. The van der Waals surface area contributed by atoms with E-state index in [2.05, 4.69) is 13.8 Å². The van der Waals surface area contributed by atoms with Crippen molar-refractivity contribution >= 4 is 5.97 Å². The molecule has 1 N–H and O–H groups in total. The molecule has 3 atom stereocenters. The van der Waals surface area contributed by atoms with Crippen LogP contribution in [0.2, 0.25) is 0 Å². The maximum absolute atomic E-state index is 10.6. The van der Waals surface area contributed by atoms with E-state index >= 15 is 0 Å². The molecule has 0 radical (unpaired) electrons. The molecule has 11 heavy (non-hydrogen) atoms. The highest BCUT2D eigenvalue weighted by atomic mass is 16.4. The zero-order valence-electron chi connectivity index (χ0n) is 7.21. The third-order valence-corrected chi connectivity index (χ3v) is 2.95. The summed E-state index contributed by atoms with van der Waals surface area (Å²) in [7, 11) is 0. The minimum Gasteiger partial charge on any atom is -0.481 e. The lowest BCUT2D eigenvalue weighted by atomic mass is 9.76. The molecule has 1 fully saturated rings. The molecule has 2 heteroatoms. The molecule has 0 aromatic carbocycles. The summed E-state index contributed by atoms with van der Waals surface area (Å²) >= 11 is 0. The molecule has 0 aromatic heterocycles. The molecule has 2 unspecified atom stereocenters. The Bertz CT molecular complexity index is 154. The van der Waals surface area contributed by atoms with Gasteiger partial charge in [-0.15, -0.1) is 0 Å². The van der Waals surface area contributed by atoms with Gasteiger partial charge in [0, 0.05) is 0 Å². The summed E-state index contributed by atoms with van der Waals surface area (Å²) in [6.45, 7) is 4.36. The summed E-state index contributed by atoms with van der Waals surface area (Å²) in [5, 5.41) is 8.74. The van der Waals surface area contributed by atoms with Crippen molar-refractivity contribution in [3.63, 3.8) is 0 Å². The molecule has 0 aliphatic heterocycles. The maximum Gasteiger partial charge on any atom is 0.306 e. The first-order valence-electron chi connectivity index (χ1n) is 4.34. The van der Waals surface area contributed by atoms with Crippen LogP contribution in [-0.2, 0) is 4.79 Å². The first-order valence-corrected chi connectivity index (χ1v) is 4.34. The van der Waals surface area contributed by atoms with E-state index in [9.17, 15) is 4.79 Å². The predicted molar refractivity (Wildman–Crippen MR) is 43.3 cm³/mol. The van der Waals surface area contributed by atoms with Crippen LogP contribution in [0.4, 0.5) is 0 Å². The Labute approximate surface area is 67.6 Å². The van der Waals surface area contributed by atoms with Crippen LogP contribution < -0.4 is 0 Å². The van der Waals surface area contributed by atoms with Gasteiger partial charge >= 0.3 is 5.97 Å². The quantitative estimate of drug-likeness (QED) is 0.631. The average Bonchev–Trinajstić information content (AvgIpc) is 1.94. The van der Waals surface area contributed by atoms with Gasteiger partial charge in [0.1, 0.15) is 0 Å². The van der Waals surface area contributed by atoms with Crippen molar-refractivity contribution in [2.75, 3.05) is 0 Å². The summed E-state index contributed by atoms with van der Waals surface area (Å²) in [4.78, 5) is 10.6. The number of aliphatic carboxylic acids is 1. The Balaban J connectivity index is 2.46. The summed E-state index contributed by atoms with van der Waals surface area (Å²) < 4.78 is 0. The molecule has 1 aliphatic rings. The zero-order valence-corrected chi connectivity index (χ0v) is 7.21. The highest BCUT2D eigenvalue weighted by Crippen LogP contribution is 2.33. The Morgan fingerprint density at radius 1 is 1.27 bits per heavy atom. The summed E-state index contributed by atoms with van der Waals surface area (Å²) in [5.41, 5.74) is 0. The number of rotatable bonds is 1. The molecular formula is C9H16O2. The topological polar surface area (TPSA) is 37.3 Å². The molecular weight excluding hydrogens is 140 g/mol. The van der Waals surface area contributed by atoms with Crippen LogP contribution in [0.3, 0.4) is 0 Å². The molecule has 1 rings (SSSR count). The summed E-state index contributed by atoms with van der Waals surface area (Å²) in [6.07, 6.45) is 2.83. The van der Waals surface area contributed by atoms with Gasteiger partial charge in [0.05, 0.1) is 5.92 Å². The smallest absolute Gasteiger partial charge is 0.306 e. The van der Waals surface area contributed by atoms with Gasteiger partial charge in [0.25, 0.3) is 0 Å². The summed E-state index contributed by atoms with van der Waals surface area (Å²) in [5.74, 6) is 0.625. The standard InChI is InChI=1S/C9H16O2/c1-6-3-4-8(9(10)11)5-7(6)2/h6-8H,3-5H2,1-2H3,(H,10,11)/t6-,7?,8?/m1/s1. The fourth-order valence-corrected chi connectivity index (χ4v) is 1.77. The van der Waals surface area contributed by atoms with Crippen LogP contribution >= 0.6 is 0 Å². The first-order chi connectivity index (χ1) is 5.11. The Morgan fingerprint density at radius 2 is 1.91 bits per heavy atom. The molecule has 0 aromatic rings. The molecule has 0 amide bonds. The van der Waals surface area contributed by atoms with Crippen molar-refractivity contribution in [1.29, 1.82) is 0 Å². The van der Waals surface area contributed by atoms with Gasteiger partial charge in [0.15, 0.2) is 0 Å². The van der Waals surface area contributed by atoms with Crippen molar-refractivity contribution in [3.8, 4) is 0 Å². The van der Waals surface area contributed by atoms with E-state index in [1.54, 1.807) is 0 Å². The minimum absolute atomic E-state index is 0.0683. The second kappa shape index (κ2) is 3.24. The van der Waals surface area contributed by atoms with Crippen LogP contribution in [0, 0.1) is 17.8 Å². The van der Waals surface area contributed by atoms with Gasteiger partial charge in [-0.2, -0.15) is 0 Å². The Kier molecular flexibility index (Phi) is 2.53. The van der Waals surface area contributed by atoms with Crippen LogP contribution in [-0.4, -0.2) is 11.1 Å². The molecule has 0 saturated heterocycles. The molecule has 0 bridgehead atoms. The van der Waals surface area contributed by atoms with Crippen LogP contribution in [0.25, 0.3) is 0 Å². The van der Waals surface area contributed by atoms with Crippen molar-refractivity contribution in [2.45, 2.75) is 33.1 Å². The third kappa shape index (κ3) is 1.95. The molecule has 1 saturated carbocycles. The molecule has 1 aliphatic carbocycles. The lowest BCUT2D eigenvalue weighted by Gasteiger charge is -2.29. The van der Waals surface area contributed by atoms with Gasteiger partial charge in [-0.1, -0.05) is 13.8 Å². The SMILES string of the molecule is CC1CC(C(=O)O)CC[C@H]1C. The Hall–Kier alpha value is -0.530. The van der Waals surface area contributed by atoms with Crippen molar-refractivity contribution in [1.82, 2.24) is 0 Å². The largest absolute Gasteiger partial charge is 0.481 e. The Morgan fingerprint density at radius 3 is 2.36 bits per heavy atom. The van der Waals surface area contributed by atoms with E-state index in [1.807, 2.05) is 0 Å². The van der Waals surface area contributed by atoms with Crippen molar-refractivity contribution in [3.05, 3.63) is 0 Å². The third-order valence-electron chi connectivity index (χ3n) is 2.95. The van der Waals surface area contributed by atoms with E-state index < -0.39 is 5.97 Å². The van der Waals surface area contributed by atoms with Gasteiger partial charge in [-0.25, -0.2) is 0 Å². The number of hydrogen-bond donors (Lipinski definition) is 1. The number of carboxylic acids is 1. The second-order valence-corrected chi connectivity index (χ2v) is 3.80. The number of carboxylic acid groups (broad SMARTS) is 1. The lowest BCUT2D eigenvalue weighted by molar-refractivity contribution is -0.143. The van der Waals surface area contributed by atoms with E-state index in [0.29, 0.717) is 11.8 Å². The average molecular weight is 156 g/mol. The monoisotopic (exact) mass is 156 g/mol. The molecule has 0 heterocycles.